The quantitative estimate of drug-likeness (QED) is 0.443. The van der Waals surface area contributed by atoms with Crippen molar-refractivity contribution in [3.05, 3.63) is 12.5 Å². The monoisotopic (exact) mass is 99.0 g/mol. The van der Waals surface area contributed by atoms with Crippen LogP contribution in [0.25, 0.3) is 0 Å². The van der Waals surface area contributed by atoms with Gasteiger partial charge in [0.05, 0.1) is 0 Å². The minimum absolute atomic E-state index is 0.329. The zero-order chi connectivity index (χ0) is 5.44. The predicted octanol–water partition coefficient (Wildman–Crippen LogP) is 0.540. The van der Waals surface area contributed by atoms with Crippen LogP contribution in [0.15, 0.2) is 12.5 Å². The number of carbonyl (C=O) groups excluding carboxylic acids is 1. The Morgan fingerprint density at radius 3 is 2.43 bits per heavy atom. The van der Waals surface area contributed by atoms with Gasteiger partial charge in [0.2, 0.25) is 5.88 Å². The summed E-state index contributed by atoms with van der Waals surface area (Å²) in [5, 5.41) is 0. The molecule has 0 aromatic rings. The van der Waals surface area contributed by atoms with E-state index >= 15 is 0 Å². The molecule has 38 valence electrons. The van der Waals surface area contributed by atoms with E-state index in [9.17, 15) is 4.79 Å². The molecular formula is C4H5NO2. The lowest BCUT2D eigenvalue weighted by molar-refractivity contribution is 0.0605. The van der Waals surface area contributed by atoms with Gasteiger partial charge in [-0.1, -0.05) is 0 Å². The van der Waals surface area contributed by atoms with E-state index in [4.69, 9.17) is 0 Å². The van der Waals surface area contributed by atoms with E-state index in [1.165, 1.54) is 4.90 Å². The number of cyclic esters (lactones) is 1. The fourth-order valence-electron chi connectivity index (χ4n) is 0.300. The molecule has 0 radical (unpaired) electrons. The Kier molecular flexibility index (Phi) is 0.592. The van der Waals surface area contributed by atoms with Gasteiger partial charge in [-0.05, 0) is 6.58 Å². The normalized spacial score (nSPS) is 18.7. The fourth-order valence-corrected chi connectivity index (χ4v) is 0.300. The fraction of sp³-hybridized carbons (Fsp3) is 0.250. The second-order valence-electron chi connectivity index (χ2n) is 1.32. The van der Waals surface area contributed by atoms with Gasteiger partial charge in [-0.2, -0.15) is 0 Å². The van der Waals surface area contributed by atoms with E-state index in [-0.39, 0.29) is 6.09 Å². The highest BCUT2D eigenvalue weighted by molar-refractivity contribution is 5.75. The number of carbonyl (C=O) groups is 1. The first kappa shape index (κ1) is 4.18. The Hall–Kier alpha value is -0.990. The summed E-state index contributed by atoms with van der Waals surface area (Å²) in [4.78, 5) is 11.4. The van der Waals surface area contributed by atoms with Crippen molar-refractivity contribution in [2.45, 2.75) is 0 Å². The van der Waals surface area contributed by atoms with Crippen molar-refractivity contribution in [3.8, 4) is 0 Å². The SMILES string of the molecule is C=C1OC(=O)N1C. The van der Waals surface area contributed by atoms with Gasteiger partial charge in [-0.25, -0.2) is 4.79 Å². The largest absolute Gasteiger partial charge is 0.423 e. The average Bonchev–Trinajstić information content (AvgIpc) is 1.68. The molecule has 0 bridgehead atoms. The van der Waals surface area contributed by atoms with Crippen LogP contribution >= 0.6 is 0 Å². The van der Waals surface area contributed by atoms with Gasteiger partial charge in [0.1, 0.15) is 0 Å². The highest BCUT2D eigenvalue weighted by atomic mass is 16.6. The third kappa shape index (κ3) is 0.374. The van der Waals surface area contributed by atoms with Crippen molar-refractivity contribution < 1.29 is 9.53 Å². The van der Waals surface area contributed by atoms with Crippen LogP contribution in [0.5, 0.6) is 0 Å². The topological polar surface area (TPSA) is 29.5 Å². The molecule has 3 heteroatoms. The van der Waals surface area contributed by atoms with Crippen molar-refractivity contribution >= 4 is 6.09 Å². The van der Waals surface area contributed by atoms with Gasteiger partial charge in [0.25, 0.3) is 0 Å². The third-order valence-corrected chi connectivity index (χ3v) is 0.853. The molecule has 0 spiro atoms. The Morgan fingerprint density at radius 1 is 1.86 bits per heavy atom. The number of hydrogen-bond donors (Lipinski definition) is 0. The first-order valence-corrected chi connectivity index (χ1v) is 1.86. The van der Waals surface area contributed by atoms with Crippen LogP contribution in [0.1, 0.15) is 0 Å². The first-order valence-electron chi connectivity index (χ1n) is 1.86. The van der Waals surface area contributed by atoms with E-state index in [1.54, 1.807) is 7.05 Å². The summed E-state index contributed by atoms with van der Waals surface area (Å²) in [6.45, 7) is 3.37. The lowest BCUT2D eigenvalue weighted by atomic mass is 10.6. The van der Waals surface area contributed by atoms with Gasteiger partial charge in [-0.3, -0.25) is 4.90 Å². The number of ether oxygens (including phenoxy) is 1. The maximum absolute atomic E-state index is 10.1. The minimum Gasteiger partial charge on any atom is -0.393 e. The zero-order valence-electron chi connectivity index (χ0n) is 3.97. The molecule has 1 fully saturated rings. The highest BCUT2D eigenvalue weighted by Gasteiger charge is 2.26. The van der Waals surface area contributed by atoms with Crippen molar-refractivity contribution in [2.75, 3.05) is 7.05 Å². The maximum Gasteiger partial charge on any atom is 0.423 e. The molecule has 0 aliphatic carbocycles. The van der Waals surface area contributed by atoms with Crippen LogP contribution in [-0.4, -0.2) is 18.0 Å². The van der Waals surface area contributed by atoms with E-state index in [1.807, 2.05) is 0 Å². The van der Waals surface area contributed by atoms with E-state index in [2.05, 4.69) is 11.3 Å². The number of nitrogens with zero attached hydrogens (tertiary/aromatic N) is 1. The molecule has 1 heterocycles. The van der Waals surface area contributed by atoms with Gasteiger partial charge < -0.3 is 4.74 Å². The van der Waals surface area contributed by atoms with Gasteiger partial charge in [0.15, 0.2) is 0 Å². The maximum atomic E-state index is 10.1. The second kappa shape index (κ2) is 0.992. The molecule has 1 aliphatic heterocycles. The van der Waals surface area contributed by atoms with E-state index in [0.717, 1.165) is 0 Å². The molecule has 0 saturated carbocycles. The molecule has 3 nitrogen and oxygen atoms in total. The predicted molar refractivity (Wildman–Crippen MR) is 23.4 cm³/mol. The van der Waals surface area contributed by atoms with Crippen molar-refractivity contribution in [1.29, 1.82) is 0 Å². The smallest absolute Gasteiger partial charge is 0.393 e. The first-order chi connectivity index (χ1) is 3.22. The molecule has 1 saturated heterocycles. The summed E-state index contributed by atoms with van der Waals surface area (Å²) in [6, 6.07) is 0. The van der Waals surface area contributed by atoms with Crippen LogP contribution in [0.4, 0.5) is 4.79 Å². The summed E-state index contributed by atoms with van der Waals surface area (Å²) in [6.07, 6.45) is -0.329. The Labute approximate surface area is 41.2 Å². The minimum atomic E-state index is -0.329. The molecule has 7 heavy (non-hydrogen) atoms. The average molecular weight is 99.1 g/mol. The summed E-state index contributed by atoms with van der Waals surface area (Å²) in [5.74, 6) is 0.421. The van der Waals surface area contributed by atoms with Gasteiger partial charge in [-0.15, -0.1) is 0 Å². The Balaban J connectivity index is 2.59. The molecule has 1 aliphatic rings. The van der Waals surface area contributed by atoms with Crippen LogP contribution in [-0.2, 0) is 4.74 Å². The summed E-state index contributed by atoms with van der Waals surface area (Å²) in [7, 11) is 1.61. The zero-order valence-corrected chi connectivity index (χ0v) is 3.97. The molecule has 1 amide bonds. The third-order valence-electron chi connectivity index (χ3n) is 0.853. The Morgan fingerprint density at radius 2 is 2.43 bits per heavy atom. The van der Waals surface area contributed by atoms with E-state index in [0.29, 0.717) is 5.88 Å². The molecular weight excluding hydrogens is 94.0 g/mol. The van der Waals surface area contributed by atoms with Crippen LogP contribution in [0.2, 0.25) is 0 Å². The number of rotatable bonds is 0. The lowest BCUT2D eigenvalue weighted by Gasteiger charge is -2.26. The standard InChI is InChI=1S/C4H5NO2/c1-3-5(2)4(6)7-3/h1H2,2H3. The molecule has 0 unspecified atom stereocenters. The summed E-state index contributed by atoms with van der Waals surface area (Å²) in [5.41, 5.74) is 0. The molecule has 1 rings (SSSR count). The van der Waals surface area contributed by atoms with Gasteiger partial charge in [0, 0.05) is 7.05 Å². The highest BCUT2D eigenvalue weighted by Crippen LogP contribution is 2.14. The van der Waals surface area contributed by atoms with Crippen LogP contribution < -0.4 is 0 Å². The number of hydrogen-bond acceptors (Lipinski definition) is 2. The van der Waals surface area contributed by atoms with Crippen molar-refractivity contribution in [2.24, 2.45) is 0 Å². The van der Waals surface area contributed by atoms with Crippen LogP contribution in [0.3, 0.4) is 0 Å². The molecule has 0 aromatic heterocycles. The summed E-state index contributed by atoms with van der Waals surface area (Å²) < 4.78 is 4.34. The summed E-state index contributed by atoms with van der Waals surface area (Å²) >= 11 is 0. The number of amides is 1. The molecule has 0 aromatic carbocycles. The second-order valence-corrected chi connectivity index (χ2v) is 1.32. The Bertz CT molecular complexity index is 116. The molecule has 0 N–H and O–H groups in total. The van der Waals surface area contributed by atoms with Crippen molar-refractivity contribution in [3.63, 3.8) is 0 Å². The van der Waals surface area contributed by atoms with Crippen LogP contribution in [0, 0.1) is 0 Å². The van der Waals surface area contributed by atoms with Crippen molar-refractivity contribution in [1.82, 2.24) is 4.90 Å². The van der Waals surface area contributed by atoms with Gasteiger partial charge >= 0.3 is 6.09 Å². The lowest BCUT2D eigenvalue weighted by Crippen LogP contribution is -2.38. The van der Waals surface area contributed by atoms with E-state index < -0.39 is 0 Å². The molecule has 0 atom stereocenters.